The third kappa shape index (κ3) is 21.1. The first kappa shape index (κ1) is 32.7. The van der Waals surface area contributed by atoms with Crippen LogP contribution in [0.4, 0.5) is 0 Å². The Labute approximate surface area is 224 Å². The van der Waals surface area contributed by atoms with E-state index in [4.69, 9.17) is 0 Å². The number of rotatable bonds is 21. The minimum Gasteiger partial charge on any atom is -0.748 e. The maximum absolute atomic E-state index is 11.4. The van der Waals surface area contributed by atoms with E-state index in [0.29, 0.717) is 19.3 Å². The van der Waals surface area contributed by atoms with Gasteiger partial charge < -0.3 is 9.66 Å². The molecule has 0 saturated carbocycles. The first-order chi connectivity index (χ1) is 13.4. The van der Waals surface area contributed by atoms with Gasteiger partial charge in [-0.25, -0.2) is 8.42 Å². The second kappa shape index (κ2) is 22.7. The summed E-state index contributed by atoms with van der Waals surface area (Å²) < 4.78 is 34.2. The number of aliphatic hydroxyl groups excluding tert-OH is 1. The number of hydrogen-bond acceptors (Lipinski definition) is 4. The predicted octanol–water partition coefficient (Wildman–Crippen LogP) is 3.72. The zero-order chi connectivity index (χ0) is 21.1. The fourth-order valence-corrected chi connectivity index (χ4v) is 4.83. The van der Waals surface area contributed by atoms with Crippen molar-refractivity contribution in [3.8, 4) is 0 Å². The van der Waals surface area contributed by atoms with Crippen LogP contribution < -0.4 is 51.4 Å². The Morgan fingerprint density at radius 3 is 1.31 bits per heavy atom. The minimum atomic E-state index is -4.41. The largest absolute Gasteiger partial charge is 1.00 e. The molecule has 0 fully saturated rings. The van der Waals surface area contributed by atoms with Crippen molar-refractivity contribution in [2.45, 2.75) is 147 Å². The normalized spacial score (nSPS) is 13.8. The molecule has 4 nitrogen and oxygen atoms in total. The molecule has 0 amide bonds. The SMILES string of the molecule is CCCCCCCCCCCCCCCCC(O)C(CCCCC)S(=O)(=O)[O-].[K+]. The molecule has 0 aromatic rings. The molecule has 0 saturated heterocycles. The quantitative estimate of drug-likeness (QED) is 0.162. The smallest absolute Gasteiger partial charge is 0.748 e. The standard InChI is InChI=1S/C23H48O4S.K/c1-3-5-7-8-9-10-11-12-13-14-15-16-17-19-20-22(24)23(28(25,26)27)21-18-6-4-2;/h22-24H,3-21H2,1-2H3,(H,25,26,27);/q;+1/p-1. The van der Waals surface area contributed by atoms with Gasteiger partial charge in [-0.15, -0.1) is 0 Å². The van der Waals surface area contributed by atoms with Gasteiger partial charge >= 0.3 is 51.4 Å². The molecule has 0 aliphatic carbocycles. The Balaban J connectivity index is 0. The zero-order valence-corrected chi connectivity index (χ0v) is 23.6. The molecular weight excluding hydrogens is 411 g/mol. The van der Waals surface area contributed by atoms with Crippen molar-refractivity contribution >= 4 is 10.1 Å². The van der Waals surface area contributed by atoms with E-state index in [1.54, 1.807) is 0 Å². The van der Waals surface area contributed by atoms with E-state index in [2.05, 4.69) is 6.92 Å². The van der Waals surface area contributed by atoms with Crippen molar-refractivity contribution in [1.82, 2.24) is 0 Å². The average molecular weight is 459 g/mol. The second-order valence-electron chi connectivity index (χ2n) is 8.48. The summed E-state index contributed by atoms with van der Waals surface area (Å²) in [4.78, 5) is 0. The van der Waals surface area contributed by atoms with Gasteiger partial charge in [0.15, 0.2) is 0 Å². The molecule has 0 bridgehead atoms. The molecule has 0 aliphatic heterocycles. The van der Waals surface area contributed by atoms with E-state index in [9.17, 15) is 18.1 Å². The van der Waals surface area contributed by atoms with Gasteiger partial charge in [-0.1, -0.05) is 123 Å². The Kier molecular flexibility index (Phi) is 25.6. The summed E-state index contributed by atoms with van der Waals surface area (Å²) in [5.74, 6) is 0. The zero-order valence-electron chi connectivity index (χ0n) is 19.7. The first-order valence-corrected chi connectivity index (χ1v) is 13.5. The van der Waals surface area contributed by atoms with E-state index in [0.717, 1.165) is 32.1 Å². The second-order valence-corrected chi connectivity index (χ2v) is 10.1. The maximum Gasteiger partial charge on any atom is 1.00 e. The third-order valence-electron chi connectivity index (χ3n) is 5.75. The van der Waals surface area contributed by atoms with Gasteiger partial charge in [0, 0.05) is 0 Å². The van der Waals surface area contributed by atoms with Gasteiger partial charge in [-0.05, 0) is 12.8 Å². The summed E-state index contributed by atoms with van der Waals surface area (Å²) >= 11 is 0. The average Bonchev–Trinajstić information content (AvgIpc) is 2.64. The van der Waals surface area contributed by atoms with E-state index < -0.39 is 21.5 Å². The van der Waals surface area contributed by atoms with Crippen LogP contribution in [-0.4, -0.2) is 29.4 Å². The molecular formula is C23H47KO4S. The van der Waals surface area contributed by atoms with Crippen LogP contribution in [0, 0.1) is 0 Å². The van der Waals surface area contributed by atoms with Gasteiger partial charge in [0.1, 0.15) is 10.1 Å². The van der Waals surface area contributed by atoms with Crippen molar-refractivity contribution in [3.63, 3.8) is 0 Å². The van der Waals surface area contributed by atoms with Crippen LogP contribution in [0.25, 0.3) is 0 Å². The summed E-state index contributed by atoms with van der Waals surface area (Å²) in [6, 6.07) is 0. The van der Waals surface area contributed by atoms with E-state index in [1.165, 1.54) is 70.6 Å². The number of unbranched alkanes of at least 4 members (excludes halogenated alkanes) is 15. The fraction of sp³-hybridized carbons (Fsp3) is 1.00. The van der Waals surface area contributed by atoms with Crippen LogP contribution in [0.2, 0.25) is 0 Å². The van der Waals surface area contributed by atoms with Gasteiger partial charge in [-0.3, -0.25) is 0 Å². The summed E-state index contributed by atoms with van der Waals surface area (Å²) in [6.45, 7) is 4.29. The Morgan fingerprint density at radius 1 is 0.621 bits per heavy atom. The van der Waals surface area contributed by atoms with E-state index in [-0.39, 0.29) is 51.4 Å². The van der Waals surface area contributed by atoms with Crippen molar-refractivity contribution in [2.24, 2.45) is 0 Å². The van der Waals surface area contributed by atoms with Crippen molar-refractivity contribution in [3.05, 3.63) is 0 Å². The first-order valence-electron chi connectivity index (χ1n) is 12.1. The molecule has 0 spiro atoms. The molecule has 0 aliphatic rings. The molecule has 0 heterocycles. The van der Waals surface area contributed by atoms with Gasteiger partial charge in [0.2, 0.25) is 0 Å². The molecule has 0 rings (SSSR count). The van der Waals surface area contributed by atoms with Crippen LogP contribution in [-0.2, 0) is 10.1 Å². The van der Waals surface area contributed by atoms with Crippen LogP contribution >= 0.6 is 0 Å². The molecule has 2 unspecified atom stereocenters. The van der Waals surface area contributed by atoms with Crippen LogP contribution in [0.5, 0.6) is 0 Å². The number of hydrogen-bond donors (Lipinski definition) is 1. The molecule has 0 aromatic carbocycles. The minimum absolute atomic E-state index is 0. The molecule has 1 N–H and O–H groups in total. The van der Waals surface area contributed by atoms with Crippen LogP contribution in [0.3, 0.4) is 0 Å². The Bertz CT molecular complexity index is 429. The van der Waals surface area contributed by atoms with Crippen molar-refractivity contribution in [2.75, 3.05) is 0 Å². The summed E-state index contributed by atoms with van der Waals surface area (Å²) in [7, 11) is -4.41. The van der Waals surface area contributed by atoms with Gasteiger partial charge in [0.25, 0.3) is 0 Å². The number of aliphatic hydroxyl groups is 1. The molecule has 170 valence electrons. The fourth-order valence-electron chi connectivity index (χ4n) is 3.86. The molecule has 0 radical (unpaired) electrons. The van der Waals surface area contributed by atoms with Gasteiger partial charge in [-0.2, -0.15) is 0 Å². The molecule has 0 aromatic heterocycles. The maximum atomic E-state index is 11.4. The summed E-state index contributed by atoms with van der Waals surface area (Å²) in [6.07, 6.45) is 20.0. The van der Waals surface area contributed by atoms with E-state index in [1.807, 2.05) is 6.92 Å². The van der Waals surface area contributed by atoms with Crippen LogP contribution in [0.15, 0.2) is 0 Å². The van der Waals surface area contributed by atoms with Crippen molar-refractivity contribution < 1.29 is 69.5 Å². The summed E-state index contributed by atoms with van der Waals surface area (Å²) in [5.41, 5.74) is 0. The molecule has 2 atom stereocenters. The third-order valence-corrected chi connectivity index (χ3v) is 7.04. The Morgan fingerprint density at radius 2 is 0.931 bits per heavy atom. The molecule has 6 heteroatoms. The monoisotopic (exact) mass is 458 g/mol. The Hall–Kier alpha value is 1.51. The van der Waals surface area contributed by atoms with E-state index >= 15 is 0 Å². The van der Waals surface area contributed by atoms with Gasteiger partial charge in [0.05, 0.1) is 11.4 Å². The predicted molar refractivity (Wildman–Crippen MR) is 119 cm³/mol. The topological polar surface area (TPSA) is 77.4 Å². The van der Waals surface area contributed by atoms with Crippen molar-refractivity contribution in [1.29, 1.82) is 0 Å². The molecule has 29 heavy (non-hydrogen) atoms. The summed E-state index contributed by atoms with van der Waals surface area (Å²) in [5, 5.41) is 9.03. The van der Waals surface area contributed by atoms with Crippen LogP contribution in [0.1, 0.15) is 136 Å².